The van der Waals surface area contributed by atoms with Gasteiger partial charge in [0.15, 0.2) is 11.6 Å². The van der Waals surface area contributed by atoms with E-state index in [9.17, 15) is 21.2 Å². The zero-order valence-corrected chi connectivity index (χ0v) is 14.9. The van der Waals surface area contributed by atoms with E-state index >= 15 is 0 Å². The van der Waals surface area contributed by atoms with Crippen LogP contribution < -0.4 is 14.2 Å². The fourth-order valence-electron chi connectivity index (χ4n) is 2.43. The molecule has 0 heterocycles. The summed E-state index contributed by atoms with van der Waals surface area (Å²) in [5.74, 6) is -1.14. The summed E-state index contributed by atoms with van der Waals surface area (Å²) in [5, 5.41) is 0. The van der Waals surface area contributed by atoms with E-state index in [0.29, 0.717) is 0 Å². The summed E-state index contributed by atoms with van der Waals surface area (Å²) in [6.07, 6.45) is 3.77. The summed E-state index contributed by atoms with van der Waals surface area (Å²) in [4.78, 5) is -0.277. The van der Waals surface area contributed by atoms with Crippen molar-refractivity contribution < 1.29 is 26.0 Å². The smallest absolute Gasteiger partial charge is 0.240 e. The molecule has 1 aromatic carbocycles. The Balaban J connectivity index is 2.03. The van der Waals surface area contributed by atoms with Crippen molar-refractivity contribution in [3.63, 3.8) is 0 Å². The highest BCUT2D eigenvalue weighted by atomic mass is 32.2. The molecule has 0 unspecified atom stereocenters. The minimum Gasteiger partial charge on any atom is -0.487 e. The highest BCUT2D eigenvalue weighted by Crippen LogP contribution is 2.27. The number of halogens is 1. The van der Waals surface area contributed by atoms with E-state index in [1.807, 2.05) is 0 Å². The van der Waals surface area contributed by atoms with Crippen LogP contribution in [0, 0.1) is 5.82 Å². The standard InChI is InChI=1S/C14H21FN2O5S2/c1-16-23(18,19)9-8-17-24(20,21)12-6-7-14(13(15)10-12)22-11-4-2-3-5-11/h6-7,10-11,16-17H,2-5,8-9H2,1H3. The van der Waals surface area contributed by atoms with Crippen molar-refractivity contribution in [3.8, 4) is 5.75 Å². The molecule has 0 bridgehead atoms. The van der Waals surface area contributed by atoms with E-state index in [0.717, 1.165) is 31.7 Å². The molecule has 7 nitrogen and oxygen atoms in total. The number of rotatable bonds is 8. The van der Waals surface area contributed by atoms with Crippen LogP contribution in [-0.2, 0) is 20.0 Å². The van der Waals surface area contributed by atoms with Crippen molar-refractivity contribution in [3.05, 3.63) is 24.0 Å². The van der Waals surface area contributed by atoms with E-state index in [2.05, 4.69) is 9.44 Å². The van der Waals surface area contributed by atoms with Crippen molar-refractivity contribution in [2.24, 2.45) is 0 Å². The van der Waals surface area contributed by atoms with Gasteiger partial charge in [-0.1, -0.05) is 0 Å². The second kappa shape index (κ2) is 7.77. The van der Waals surface area contributed by atoms with Gasteiger partial charge in [0.2, 0.25) is 20.0 Å². The highest BCUT2D eigenvalue weighted by molar-refractivity contribution is 7.90. The second-order valence-electron chi connectivity index (χ2n) is 5.54. The third kappa shape index (κ3) is 5.13. The average Bonchev–Trinajstić information content (AvgIpc) is 3.02. The minimum absolute atomic E-state index is 0.0265. The zero-order chi connectivity index (χ0) is 17.8. The molecule has 10 heteroatoms. The van der Waals surface area contributed by atoms with E-state index < -0.39 is 31.6 Å². The van der Waals surface area contributed by atoms with E-state index in [4.69, 9.17) is 4.74 Å². The summed E-state index contributed by atoms with van der Waals surface area (Å²) in [5.41, 5.74) is 0. The summed E-state index contributed by atoms with van der Waals surface area (Å²) in [6, 6.07) is 3.40. The lowest BCUT2D eigenvalue weighted by molar-refractivity contribution is 0.200. The first-order valence-corrected chi connectivity index (χ1v) is 10.7. The van der Waals surface area contributed by atoms with E-state index in [1.165, 1.54) is 19.2 Å². The van der Waals surface area contributed by atoms with Gasteiger partial charge in [0, 0.05) is 6.54 Å². The molecule has 1 aliphatic rings. The third-order valence-corrected chi connectivity index (χ3v) is 6.61. The Morgan fingerprint density at radius 2 is 1.88 bits per heavy atom. The molecule has 1 aromatic rings. The van der Waals surface area contributed by atoms with Gasteiger partial charge in [-0.2, -0.15) is 0 Å². The van der Waals surface area contributed by atoms with Gasteiger partial charge >= 0.3 is 0 Å². The van der Waals surface area contributed by atoms with Crippen LogP contribution in [0.1, 0.15) is 25.7 Å². The molecule has 1 aliphatic carbocycles. The Kier molecular flexibility index (Phi) is 6.18. The molecule has 0 saturated heterocycles. The Morgan fingerprint density at radius 1 is 1.21 bits per heavy atom. The van der Waals surface area contributed by atoms with Crippen molar-refractivity contribution in [2.45, 2.75) is 36.7 Å². The van der Waals surface area contributed by atoms with Gasteiger partial charge in [0.1, 0.15) is 0 Å². The fourth-order valence-corrected chi connectivity index (χ4v) is 4.17. The Morgan fingerprint density at radius 3 is 2.46 bits per heavy atom. The molecule has 0 amide bonds. The number of hydrogen-bond donors (Lipinski definition) is 2. The lowest BCUT2D eigenvalue weighted by atomic mass is 10.3. The van der Waals surface area contributed by atoms with Crippen molar-refractivity contribution in [1.82, 2.24) is 9.44 Å². The summed E-state index contributed by atoms with van der Waals surface area (Å²) < 4.78 is 70.5. The second-order valence-corrected chi connectivity index (χ2v) is 9.35. The number of nitrogens with one attached hydrogen (secondary N) is 2. The lowest BCUT2D eigenvalue weighted by Crippen LogP contribution is -2.33. The Labute approximate surface area is 141 Å². The predicted octanol–water partition coefficient (Wildman–Crippen LogP) is 0.975. The van der Waals surface area contributed by atoms with Gasteiger partial charge in [-0.15, -0.1) is 0 Å². The van der Waals surface area contributed by atoms with Crippen LogP contribution in [0.15, 0.2) is 23.1 Å². The van der Waals surface area contributed by atoms with Crippen LogP contribution in [0.4, 0.5) is 4.39 Å². The quantitative estimate of drug-likeness (QED) is 0.700. The molecule has 0 atom stereocenters. The molecule has 0 radical (unpaired) electrons. The first kappa shape index (κ1) is 19.1. The largest absolute Gasteiger partial charge is 0.487 e. The fraction of sp³-hybridized carbons (Fsp3) is 0.571. The molecule has 24 heavy (non-hydrogen) atoms. The molecule has 2 rings (SSSR count). The molecule has 0 aliphatic heterocycles. The van der Waals surface area contributed by atoms with E-state index in [-0.39, 0.29) is 23.3 Å². The molecular formula is C14H21FN2O5S2. The van der Waals surface area contributed by atoms with Crippen LogP contribution in [0.25, 0.3) is 0 Å². The highest BCUT2D eigenvalue weighted by Gasteiger charge is 2.21. The van der Waals surface area contributed by atoms with Crippen LogP contribution in [-0.4, -0.2) is 42.3 Å². The van der Waals surface area contributed by atoms with Gasteiger partial charge in [0.05, 0.1) is 16.8 Å². The first-order chi connectivity index (χ1) is 11.2. The maximum Gasteiger partial charge on any atom is 0.240 e. The van der Waals surface area contributed by atoms with Gasteiger partial charge < -0.3 is 4.74 Å². The Bertz CT molecular complexity index is 774. The molecule has 0 aromatic heterocycles. The number of hydrogen-bond acceptors (Lipinski definition) is 5. The summed E-state index contributed by atoms with van der Waals surface area (Å²) in [6.45, 7) is -0.312. The Hall–Kier alpha value is -1.23. The minimum atomic E-state index is -4.00. The van der Waals surface area contributed by atoms with Gasteiger partial charge in [0.25, 0.3) is 0 Å². The summed E-state index contributed by atoms with van der Waals surface area (Å²) in [7, 11) is -6.28. The van der Waals surface area contributed by atoms with Crippen molar-refractivity contribution in [1.29, 1.82) is 0 Å². The van der Waals surface area contributed by atoms with Crippen LogP contribution in [0.3, 0.4) is 0 Å². The normalized spacial score (nSPS) is 16.4. The van der Waals surface area contributed by atoms with Crippen LogP contribution >= 0.6 is 0 Å². The lowest BCUT2D eigenvalue weighted by Gasteiger charge is -2.14. The predicted molar refractivity (Wildman–Crippen MR) is 87.3 cm³/mol. The van der Waals surface area contributed by atoms with Gasteiger partial charge in [-0.25, -0.2) is 30.7 Å². The first-order valence-electron chi connectivity index (χ1n) is 7.60. The topological polar surface area (TPSA) is 102 Å². The molecule has 136 valence electrons. The van der Waals surface area contributed by atoms with Crippen LogP contribution in [0.5, 0.6) is 5.75 Å². The van der Waals surface area contributed by atoms with Crippen molar-refractivity contribution >= 4 is 20.0 Å². The molecule has 2 N–H and O–H groups in total. The zero-order valence-electron chi connectivity index (χ0n) is 13.3. The SMILES string of the molecule is CNS(=O)(=O)CCNS(=O)(=O)c1ccc(OC2CCCC2)c(F)c1. The van der Waals surface area contributed by atoms with Crippen LogP contribution in [0.2, 0.25) is 0 Å². The average molecular weight is 380 g/mol. The van der Waals surface area contributed by atoms with E-state index in [1.54, 1.807) is 0 Å². The number of sulfonamides is 2. The number of ether oxygens (including phenoxy) is 1. The van der Waals surface area contributed by atoms with Gasteiger partial charge in [-0.3, -0.25) is 0 Å². The molecule has 1 fully saturated rings. The maximum absolute atomic E-state index is 14.1. The third-order valence-electron chi connectivity index (χ3n) is 3.78. The molecule has 0 spiro atoms. The maximum atomic E-state index is 14.1. The van der Waals surface area contributed by atoms with Gasteiger partial charge in [-0.05, 0) is 50.9 Å². The monoisotopic (exact) mass is 380 g/mol. The van der Waals surface area contributed by atoms with Crippen molar-refractivity contribution in [2.75, 3.05) is 19.3 Å². The summed E-state index contributed by atoms with van der Waals surface area (Å²) >= 11 is 0. The number of benzene rings is 1. The molecular weight excluding hydrogens is 359 g/mol. The molecule has 1 saturated carbocycles.